The molecule has 0 amide bonds. The van der Waals surface area contributed by atoms with E-state index in [1.165, 1.54) is 6.92 Å². The second-order valence-corrected chi connectivity index (χ2v) is 2.84. The predicted octanol–water partition coefficient (Wildman–Crippen LogP) is 2.31. The zero-order valence-electron chi connectivity index (χ0n) is 7.22. The lowest BCUT2D eigenvalue weighted by Gasteiger charge is -2.11. The number of hydrogen-bond acceptors (Lipinski definition) is 1. The predicted molar refractivity (Wildman–Crippen MR) is 42.7 cm³/mol. The van der Waals surface area contributed by atoms with Crippen LogP contribution in [0, 0.1) is 12.7 Å². The van der Waals surface area contributed by atoms with E-state index in [2.05, 4.69) is 0 Å². The van der Waals surface area contributed by atoms with Crippen LogP contribution in [0.15, 0.2) is 18.2 Å². The summed E-state index contributed by atoms with van der Waals surface area (Å²) in [5, 5.41) is 8.18. The summed E-state index contributed by atoms with van der Waals surface area (Å²) in [6.45, 7) is 1.40. The van der Waals surface area contributed by atoms with Gasteiger partial charge in [-0.2, -0.15) is 8.78 Å². The molecule has 0 fully saturated rings. The number of carboxylic acid groups (broad SMARTS) is 1. The summed E-state index contributed by atoms with van der Waals surface area (Å²) in [6, 6.07) is 2.54. The van der Waals surface area contributed by atoms with Gasteiger partial charge < -0.3 is 5.11 Å². The Morgan fingerprint density at radius 1 is 1.43 bits per heavy atom. The van der Waals surface area contributed by atoms with Crippen LogP contribution < -0.4 is 0 Å². The molecule has 5 heteroatoms. The molecular weight excluding hydrogens is 197 g/mol. The molecule has 0 unspecified atom stereocenters. The molecule has 2 nitrogen and oxygen atoms in total. The molecule has 0 aromatic heterocycles. The first-order valence-corrected chi connectivity index (χ1v) is 3.73. The van der Waals surface area contributed by atoms with Crippen LogP contribution in [-0.4, -0.2) is 11.1 Å². The highest BCUT2D eigenvalue weighted by Gasteiger charge is 2.41. The molecule has 0 saturated carbocycles. The largest absolute Gasteiger partial charge is 0.477 e. The Hall–Kier alpha value is -1.52. The number of carbonyl (C=O) groups is 1. The van der Waals surface area contributed by atoms with Crippen molar-refractivity contribution < 1.29 is 23.1 Å². The van der Waals surface area contributed by atoms with Gasteiger partial charge in [0.25, 0.3) is 0 Å². The molecule has 0 radical (unpaired) electrons. The van der Waals surface area contributed by atoms with Gasteiger partial charge in [0, 0.05) is 5.56 Å². The van der Waals surface area contributed by atoms with E-state index in [1.807, 2.05) is 0 Å². The molecule has 0 aliphatic heterocycles. The molecule has 76 valence electrons. The average Bonchev–Trinajstić information content (AvgIpc) is 2.09. The van der Waals surface area contributed by atoms with Crippen LogP contribution in [-0.2, 0) is 10.7 Å². The van der Waals surface area contributed by atoms with Gasteiger partial charge in [0.05, 0.1) is 0 Å². The first kappa shape index (κ1) is 10.6. The van der Waals surface area contributed by atoms with E-state index >= 15 is 0 Å². The molecular formula is C9H7F3O2. The molecule has 0 bridgehead atoms. The summed E-state index contributed by atoms with van der Waals surface area (Å²) >= 11 is 0. The van der Waals surface area contributed by atoms with E-state index in [9.17, 15) is 18.0 Å². The molecule has 1 N–H and O–H groups in total. The van der Waals surface area contributed by atoms with E-state index in [0.29, 0.717) is 6.07 Å². The monoisotopic (exact) mass is 204 g/mol. The number of hydrogen-bond donors (Lipinski definition) is 1. The van der Waals surface area contributed by atoms with Crippen molar-refractivity contribution in [2.24, 2.45) is 0 Å². The summed E-state index contributed by atoms with van der Waals surface area (Å²) in [6.07, 6.45) is 0. The first-order chi connectivity index (χ1) is 6.35. The number of carboxylic acids is 1. The molecule has 0 atom stereocenters. The molecule has 0 aliphatic rings. The number of aryl methyl sites for hydroxylation is 1. The fraction of sp³-hybridized carbons (Fsp3) is 0.222. The lowest BCUT2D eigenvalue weighted by molar-refractivity contribution is -0.166. The van der Waals surface area contributed by atoms with Crippen molar-refractivity contribution in [1.29, 1.82) is 0 Å². The minimum absolute atomic E-state index is 0.190. The quantitative estimate of drug-likeness (QED) is 0.802. The Morgan fingerprint density at radius 3 is 2.43 bits per heavy atom. The highest BCUT2D eigenvalue weighted by Crippen LogP contribution is 2.29. The van der Waals surface area contributed by atoms with Crippen molar-refractivity contribution in [2.75, 3.05) is 0 Å². The van der Waals surface area contributed by atoms with Crippen molar-refractivity contribution in [1.82, 2.24) is 0 Å². The van der Waals surface area contributed by atoms with Gasteiger partial charge in [-0.25, -0.2) is 9.18 Å². The van der Waals surface area contributed by atoms with Gasteiger partial charge in [-0.05, 0) is 18.6 Å². The number of halogens is 3. The second kappa shape index (κ2) is 3.32. The number of alkyl halides is 2. The third kappa shape index (κ3) is 1.71. The Kier molecular flexibility index (Phi) is 2.51. The highest BCUT2D eigenvalue weighted by molar-refractivity contribution is 5.77. The summed E-state index contributed by atoms with van der Waals surface area (Å²) in [4.78, 5) is 10.1. The fourth-order valence-electron chi connectivity index (χ4n) is 0.912. The second-order valence-electron chi connectivity index (χ2n) is 2.84. The Labute approximate surface area is 78.0 Å². The minimum Gasteiger partial charge on any atom is -0.477 e. The highest BCUT2D eigenvalue weighted by atomic mass is 19.3. The summed E-state index contributed by atoms with van der Waals surface area (Å²) in [5.41, 5.74) is -0.664. The molecule has 0 spiro atoms. The molecule has 0 saturated heterocycles. The number of rotatable bonds is 2. The molecule has 0 aliphatic carbocycles. The van der Waals surface area contributed by atoms with Gasteiger partial charge in [0.15, 0.2) is 0 Å². The Bertz CT molecular complexity index is 374. The molecule has 1 aromatic rings. The lowest BCUT2D eigenvalue weighted by Crippen LogP contribution is -2.25. The van der Waals surface area contributed by atoms with E-state index in [0.717, 1.165) is 12.1 Å². The van der Waals surface area contributed by atoms with E-state index < -0.39 is 23.3 Å². The molecule has 1 rings (SSSR count). The smallest absolute Gasteiger partial charge is 0.379 e. The third-order valence-corrected chi connectivity index (χ3v) is 1.80. The topological polar surface area (TPSA) is 37.3 Å². The van der Waals surface area contributed by atoms with Gasteiger partial charge in [0.2, 0.25) is 0 Å². The van der Waals surface area contributed by atoms with E-state index in [-0.39, 0.29) is 5.56 Å². The summed E-state index contributed by atoms with van der Waals surface area (Å²) in [7, 11) is 0. The summed E-state index contributed by atoms with van der Waals surface area (Å²) in [5.74, 6) is -7.18. The van der Waals surface area contributed by atoms with Gasteiger partial charge in [-0.15, -0.1) is 0 Å². The van der Waals surface area contributed by atoms with Gasteiger partial charge >= 0.3 is 11.9 Å². The van der Waals surface area contributed by atoms with Crippen LogP contribution in [0.4, 0.5) is 13.2 Å². The van der Waals surface area contributed by atoms with Crippen molar-refractivity contribution >= 4 is 5.97 Å². The van der Waals surface area contributed by atoms with Crippen LogP contribution >= 0.6 is 0 Å². The first-order valence-electron chi connectivity index (χ1n) is 3.73. The SMILES string of the molecule is Cc1ccc(C(F)(F)C(=O)O)cc1F. The zero-order chi connectivity index (χ0) is 10.9. The van der Waals surface area contributed by atoms with Crippen LogP contribution in [0.5, 0.6) is 0 Å². The van der Waals surface area contributed by atoms with Gasteiger partial charge in [0.1, 0.15) is 5.82 Å². The van der Waals surface area contributed by atoms with Crippen LogP contribution in [0.3, 0.4) is 0 Å². The molecule has 14 heavy (non-hydrogen) atoms. The summed E-state index contributed by atoms with van der Waals surface area (Å²) < 4.78 is 38.5. The van der Waals surface area contributed by atoms with Crippen molar-refractivity contribution in [2.45, 2.75) is 12.8 Å². The number of benzene rings is 1. The Morgan fingerprint density at radius 2 is 2.00 bits per heavy atom. The maximum Gasteiger partial charge on any atom is 0.379 e. The van der Waals surface area contributed by atoms with Crippen LogP contribution in [0.2, 0.25) is 0 Å². The van der Waals surface area contributed by atoms with Gasteiger partial charge in [-0.3, -0.25) is 0 Å². The average molecular weight is 204 g/mol. The zero-order valence-corrected chi connectivity index (χ0v) is 7.22. The normalized spacial score (nSPS) is 11.4. The van der Waals surface area contributed by atoms with Crippen molar-refractivity contribution in [3.63, 3.8) is 0 Å². The number of aliphatic carboxylic acids is 1. The minimum atomic E-state index is -4.05. The maximum absolute atomic E-state index is 12.8. The lowest BCUT2D eigenvalue weighted by atomic mass is 10.1. The Balaban J connectivity index is 3.21. The van der Waals surface area contributed by atoms with Gasteiger partial charge in [-0.1, -0.05) is 12.1 Å². The maximum atomic E-state index is 12.8. The van der Waals surface area contributed by atoms with Crippen molar-refractivity contribution in [3.05, 3.63) is 35.1 Å². The van der Waals surface area contributed by atoms with E-state index in [4.69, 9.17) is 5.11 Å². The molecule has 1 aromatic carbocycles. The fourth-order valence-corrected chi connectivity index (χ4v) is 0.912. The van der Waals surface area contributed by atoms with Crippen molar-refractivity contribution in [3.8, 4) is 0 Å². The van der Waals surface area contributed by atoms with Crippen LogP contribution in [0.25, 0.3) is 0 Å². The standard InChI is InChI=1S/C9H7F3O2/c1-5-2-3-6(4-7(5)10)9(11,12)8(13)14/h2-4H,1H3,(H,13,14). The van der Waals surface area contributed by atoms with E-state index in [1.54, 1.807) is 0 Å². The molecule has 0 heterocycles. The van der Waals surface area contributed by atoms with Crippen LogP contribution in [0.1, 0.15) is 11.1 Å². The third-order valence-electron chi connectivity index (χ3n) is 1.80.